The molecule has 0 aliphatic heterocycles. The van der Waals surface area contributed by atoms with E-state index in [0.29, 0.717) is 17.1 Å². The molecule has 2 aromatic carbocycles. The fraction of sp³-hybridized carbons (Fsp3) is 0.233. The van der Waals surface area contributed by atoms with Gasteiger partial charge in [-0.25, -0.2) is 4.98 Å². The lowest BCUT2D eigenvalue weighted by atomic mass is 10.0. The molecule has 4 rings (SSSR count). The quantitative estimate of drug-likeness (QED) is 0.240. The van der Waals surface area contributed by atoms with E-state index < -0.39 is 5.91 Å². The number of H-pyrrole nitrogens is 1. The van der Waals surface area contributed by atoms with E-state index in [1.54, 1.807) is 38.6 Å². The van der Waals surface area contributed by atoms with Gasteiger partial charge < -0.3 is 24.7 Å². The molecule has 38 heavy (non-hydrogen) atoms. The summed E-state index contributed by atoms with van der Waals surface area (Å²) in [4.78, 5) is 22.7. The highest BCUT2D eigenvalue weighted by Crippen LogP contribution is 2.28. The lowest BCUT2D eigenvalue weighted by Gasteiger charge is -2.10. The number of nitrogens with zero attached hydrogens (tertiary/aromatic N) is 3. The molecule has 1 amide bonds. The molecule has 0 bridgehead atoms. The molecule has 8 heteroatoms. The normalized spacial score (nSPS) is 11.4. The van der Waals surface area contributed by atoms with E-state index in [0.717, 1.165) is 40.6 Å². The zero-order chi connectivity index (χ0) is 27.1. The predicted octanol–water partition coefficient (Wildman–Crippen LogP) is 4.57. The van der Waals surface area contributed by atoms with Gasteiger partial charge >= 0.3 is 0 Å². The van der Waals surface area contributed by atoms with E-state index in [1.165, 1.54) is 5.56 Å². The van der Waals surface area contributed by atoms with Crippen LogP contribution in [-0.2, 0) is 17.8 Å². The monoisotopic (exact) mass is 509 g/mol. The number of nitriles is 1. The Labute approximate surface area is 222 Å². The van der Waals surface area contributed by atoms with Gasteiger partial charge in [0, 0.05) is 42.0 Å². The molecule has 0 atom stereocenters. The first-order valence-corrected chi connectivity index (χ1v) is 12.2. The van der Waals surface area contributed by atoms with Crippen LogP contribution in [0, 0.1) is 11.3 Å². The number of likely N-dealkylation sites (N-methyl/N-ethyl adjacent to an activating group) is 1. The van der Waals surface area contributed by atoms with Crippen LogP contribution in [0.15, 0.2) is 66.5 Å². The molecule has 4 aromatic rings. The molecular weight excluding hydrogens is 478 g/mol. The van der Waals surface area contributed by atoms with Gasteiger partial charge in [-0.05, 0) is 61.5 Å². The van der Waals surface area contributed by atoms with Crippen LogP contribution in [-0.4, -0.2) is 55.6 Å². The van der Waals surface area contributed by atoms with Gasteiger partial charge in [0.2, 0.25) is 0 Å². The van der Waals surface area contributed by atoms with Gasteiger partial charge in [-0.1, -0.05) is 30.3 Å². The second-order valence-corrected chi connectivity index (χ2v) is 9.16. The molecule has 0 fully saturated rings. The maximum atomic E-state index is 12.8. The Hall–Kier alpha value is -4.61. The van der Waals surface area contributed by atoms with Crippen LogP contribution in [0.3, 0.4) is 0 Å². The van der Waals surface area contributed by atoms with Crippen LogP contribution in [0.2, 0.25) is 0 Å². The number of hydrogen-bond acceptors (Lipinski definition) is 6. The SMILES string of the molecule is COc1ccc(CNC(=O)/C(C#N)=C/c2c[nH]c3ncc(-c4ccc(CCN(C)C)cc4)cc23)cc1OC. The average molecular weight is 510 g/mol. The van der Waals surface area contributed by atoms with Gasteiger partial charge in [-0.3, -0.25) is 4.79 Å². The molecule has 0 saturated heterocycles. The third kappa shape index (κ3) is 6.20. The van der Waals surface area contributed by atoms with E-state index in [9.17, 15) is 10.1 Å². The summed E-state index contributed by atoms with van der Waals surface area (Å²) in [5.74, 6) is 0.711. The number of amides is 1. The molecule has 0 spiro atoms. The summed E-state index contributed by atoms with van der Waals surface area (Å²) in [5, 5.41) is 13.3. The van der Waals surface area contributed by atoms with Crippen molar-refractivity contribution in [3.05, 3.63) is 83.2 Å². The van der Waals surface area contributed by atoms with Crippen LogP contribution in [0.5, 0.6) is 11.5 Å². The number of aromatic nitrogens is 2. The molecule has 8 nitrogen and oxygen atoms in total. The van der Waals surface area contributed by atoms with Crippen LogP contribution < -0.4 is 14.8 Å². The molecule has 0 aliphatic rings. The van der Waals surface area contributed by atoms with Crippen molar-refractivity contribution in [2.45, 2.75) is 13.0 Å². The minimum absolute atomic E-state index is 0.00187. The van der Waals surface area contributed by atoms with Crippen molar-refractivity contribution in [3.8, 4) is 28.7 Å². The first-order valence-electron chi connectivity index (χ1n) is 12.2. The number of hydrogen-bond donors (Lipinski definition) is 2. The fourth-order valence-electron chi connectivity index (χ4n) is 4.09. The summed E-state index contributed by atoms with van der Waals surface area (Å²) in [6, 6.07) is 17.9. The van der Waals surface area contributed by atoms with E-state index in [-0.39, 0.29) is 12.1 Å². The Morgan fingerprint density at radius 1 is 1.05 bits per heavy atom. The molecule has 0 aliphatic carbocycles. The van der Waals surface area contributed by atoms with Crippen molar-refractivity contribution in [3.63, 3.8) is 0 Å². The second kappa shape index (κ2) is 12.1. The maximum absolute atomic E-state index is 12.8. The van der Waals surface area contributed by atoms with E-state index >= 15 is 0 Å². The third-order valence-electron chi connectivity index (χ3n) is 6.26. The standard InChI is InChI=1S/C30H31N5O3/c1-35(2)12-11-20-5-8-22(9-6-20)24-15-26-25(19-33-29(26)32-18-24)14-23(16-31)30(36)34-17-21-7-10-27(37-3)28(13-21)38-4/h5-10,13-15,18-19H,11-12,17H2,1-4H3,(H,32,33)(H,34,36)/b23-14+. The van der Waals surface area contributed by atoms with Gasteiger partial charge in [0.05, 0.1) is 14.2 Å². The van der Waals surface area contributed by atoms with Gasteiger partial charge in [-0.15, -0.1) is 0 Å². The summed E-state index contributed by atoms with van der Waals surface area (Å²) < 4.78 is 10.6. The zero-order valence-electron chi connectivity index (χ0n) is 22.0. The number of ether oxygens (including phenoxy) is 2. The van der Waals surface area contributed by atoms with Crippen molar-refractivity contribution in [1.82, 2.24) is 20.2 Å². The van der Waals surface area contributed by atoms with E-state index in [1.807, 2.05) is 24.4 Å². The minimum atomic E-state index is -0.464. The number of pyridine rings is 1. The van der Waals surface area contributed by atoms with E-state index in [4.69, 9.17) is 9.47 Å². The highest BCUT2D eigenvalue weighted by Gasteiger charge is 2.13. The van der Waals surface area contributed by atoms with Crippen LogP contribution in [0.1, 0.15) is 16.7 Å². The van der Waals surface area contributed by atoms with Gasteiger partial charge in [0.15, 0.2) is 11.5 Å². The van der Waals surface area contributed by atoms with Gasteiger partial charge in [0.1, 0.15) is 17.3 Å². The summed E-state index contributed by atoms with van der Waals surface area (Å²) in [5.41, 5.74) is 5.52. The molecule has 194 valence electrons. The van der Waals surface area contributed by atoms with E-state index in [2.05, 4.69) is 58.5 Å². The number of rotatable bonds is 10. The molecular formula is C30H31N5O3. The number of fused-ring (bicyclic) bond motifs is 1. The lowest BCUT2D eigenvalue weighted by Crippen LogP contribution is -2.24. The number of benzene rings is 2. The number of aromatic amines is 1. The Balaban J connectivity index is 1.52. The van der Waals surface area contributed by atoms with Gasteiger partial charge in [0.25, 0.3) is 5.91 Å². The summed E-state index contributed by atoms with van der Waals surface area (Å²) in [6.07, 6.45) is 6.15. The Bertz CT molecular complexity index is 1500. The Morgan fingerprint density at radius 3 is 2.47 bits per heavy atom. The van der Waals surface area contributed by atoms with Crippen LogP contribution in [0.4, 0.5) is 0 Å². The summed E-state index contributed by atoms with van der Waals surface area (Å²) >= 11 is 0. The number of carbonyl (C=O) groups is 1. The predicted molar refractivity (Wildman–Crippen MR) is 149 cm³/mol. The Kier molecular flexibility index (Phi) is 8.41. The average Bonchev–Trinajstić information content (AvgIpc) is 3.35. The maximum Gasteiger partial charge on any atom is 0.262 e. The molecule has 0 saturated carbocycles. The molecule has 2 N–H and O–H groups in total. The summed E-state index contributed by atoms with van der Waals surface area (Å²) in [7, 11) is 7.26. The van der Waals surface area contributed by atoms with Crippen molar-refractivity contribution >= 4 is 23.0 Å². The highest BCUT2D eigenvalue weighted by atomic mass is 16.5. The topological polar surface area (TPSA) is 103 Å². The smallest absolute Gasteiger partial charge is 0.262 e. The molecule has 2 aromatic heterocycles. The third-order valence-corrected chi connectivity index (χ3v) is 6.26. The van der Waals surface area contributed by atoms with Crippen LogP contribution >= 0.6 is 0 Å². The number of nitrogens with one attached hydrogen (secondary N) is 2. The zero-order valence-corrected chi connectivity index (χ0v) is 22.0. The second-order valence-electron chi connectivity index (χ2n) is 9.16. The first-order chi connectivity index (χ1) is 18.4. The van der Waals surface area contributed by atoms with Crippen LogP contribution in [0.25, 0.3) is 28.2 Å². The first kappa shape index (κ1) is 26.5. The largest absolute Gasteiger partial charge is 0.493 e. The van der Waals surface area contributed by atoms with Gasteiger partial charge in [-0.2, -0.15) is 5.26 Å². The minimum Gasteiger partial charge on any atom is -0.493 e. The van der Waals surface area contributed by atoms with Crippen molar-refractivity contribution in [2.24, 2.45) is 0 Å². The number of carbonyl (C=O) groups excluding carboxylic acids is 1. The van der Waals surface area contributed by atoms with Crippen molar-refractivity contribution in [2.75, 3.05) is 34.9 Å². The molecule has 2 heterocycles. The molecule has 0 radical (unpaired) electrons. The number of methoxy groups -OCH3 is 2. The fourth-order valence-corrected chi connectivity index (χ4v) is 4.09. The van der Waals surface area contributed by atoms with Crippen molar-refractivity contribution < 1.29 is 14.3 Å². The summed E-state index contributed by atoms with van der Waals surface area (Å²) in [6.45, 7) is 1.23. The van der Waals surface area contributed by atoms with Crippen molar-refractivity contribution in [1.29, 1.82) is 5.26 Å². The highest BCUT2D eigenvalue weighted by molar-refractivity contribution is 6.04. The lowest BCUT2D eigenvalue weighted by molar-refractivity contribution is -0.117. The molecule has 0 unspecified atom stereocenters. The Morgan fingerprint density at radius 2 is 1.79 bits per heavy atom.